The van der Waals surface area contributed by atoms with Crippen LogP contribution in [0.2, 0.25) is 0 Å². The lowest BCUT2D eigenvalue weighted by atomic mass is 9.93. The quantitative estimate of drug-likeness (QED) is 0.748. The van der Waals surface area contributed by atoms with Gasteiger partial charge in [0.2, 0.25) is 5.95 Å². The van der Waals surface area contributed by atoms with Crippen molar-refractivity contribution in [2.24, 2.45) is 0 Å². The van der Waals surface area contributed by atoms with E-state index in [1.165, 1.54) is 0 Å². The number of ether oxygens (including phenoxy) is 1. The van der Waals surface area contributed by atoms with E-state index in [0.29, 0.717) is 24.8 Å². The third kappa shape index (κ3) is 4.14. The number of aromatic nitrogens is 3. The molecule has 1 aromatic rings. The maximum absolute atomic E-state index is 11.8. The van der Waals surface area contributed by atoms with E-state index < -0.39 is 0 Å². The highest BCUT2D eigenvalue weighted by Gasteiger charge is 2.20. The molecule has 0 fully saturated rings. The standard InChI is InChI=1S/C11H20N4O2/c1-11(2,3)8-9(16)13-10(15-14-8)12-6-5-7-17-4/h5-7H2,1-4H3,(H2,12,13,15,16). The van der Waals surface area contributed by atoms with Crippen molar-refractivity contribution in [2.75, 3.05) is 25.6 Å². The zero-order valence-electron chi connectivity index (χ0n) is 10.8. The summed E-state index contributed by atoms with van der Waals surface area (Å²) in [7, 11) is 1.65. The molecule has 0 aliphatic rings. The monoisotopic (exact) mass is 240 g/mol. The molecule has 0 aliphatic heterocycles. The number of hydrogen-bond acceptors (Lipinski definition) is 5. The van der Waals surface area contributed by atoms with Crippen molar-refractivity contribution in [3.05, 3.63) is 16.0 Å². The van der Waals surface area contributed by atoms with Gasteiger partial charge in [-0.25, -0.2) is 0 Å². The van der Waals surface area contributed by atoms with Crippen LogP contribution >= 0.6 is 0 Å². The van der Waals surface area contributed by atoms with E-state index in [9.17, 15) is 4.79 Å². The molecular formula is C11H20N4O2. The Kier molecular flexibility index (Phi) is 4.62. The van der Waals surface area contributed by atoms with E-state index in [1.807, 2.05) is 20.8 Å². The average molecular weight is 240 g/mol. The lowest BCUT2D eigenvalue weighted by molar-refractivity contribution is 0.197. The molecule has 0 bridgehead atoms. The van der Waals surface area contributed by atoms with Gasteiger partial charge in [-0.1, -0.05) is 20.8 Å². The summed E-state index contributed by atoms with van der Waals surface area (Å²) < 4.78 is 4.92. The van der Waals surface area contributed by atoms with Crippen molar-refractivity contribution in [3.63, 3.8) is 0 Å². The van der Waals surface area contributed by atoms with Crippen LogP contribution in [0.15, 0.2) is 4.79 Å². The largest absolute Gasteiger partial charge is 0.385 e. The SMILES string of the molecule is COCCCNc1nnc(C(C)(C)C)c(=O)[nH]1. The van der Waals surface area contributed by atoms with Gasteiger partial charge in [0.15, 0.2) is 0 Å². The summed E-state index contributed by atoms with van der Waals surface area (Å²) in [6, 6.07) is 0. The Labute approximate surface area is 101 Å². The number of nitrogens with zero attached hydrogens (tertiary/aromatic N) is 2. The fraction of sp³-hybridized carbons (Fsp3) is 0.727. The fourth-order valence-corrected chi connectivity index (χ4v) is 1.33. The number of aromatic amines is 1. The fourth-order valence-electron chi connectivity index (χ4n) is 1.33. The minimum Gasteiger partial charge on any atom is -0.385 e. The van der Waals surface area contributed by atoms with Crippen molar-refractivity contribution in [3.8, 4) is 0 Å². The van der Waals surface area contributed by atoms with Crippen molar-refractivity contribution >= 4 is 5.95 Å². The average Bonchev–Trinajstić information content (AvgIpc) is 2.23. The van der Waals surface area contributed by atoms with Gasteiger partial charge >= 0.3 is 0 Å². The Morgan fingerprint density at radius 3 is 2.59 bits per heavy atom. The number of anilines is 1. The topological polar surface area (TPSA) is 79.9 Å². The molecule has 2 N–H and O–H groups in total. The first-order valence-corrected chi connectivity index (χ1v) is 5.65. The van der Waals surface area contributed by atoms with Gasteiger partial charge < -0.3 is 10.1 Å². The predicted molar refractivity (Wildman–Crippen MR) is 66.3 cm³/mol. The van der Waals surface area contributed by atoms with Gasteiger partial charge in [-0.3, -0.25) is 9.78 Å². The Balaban J connectivity index is 2.67. The van der Waals surface area contributed by atoms with E-state index in [-0.39, 0.29) is 11.0 Å². The maximum Gasteiger partial charge on any atom is 0.274 e. The van der Waals surface area contributed by atoms with Crippen molar-refractivity contribution in [1.82, 2.24) is 15.2 Å². The molecule has 1 aromatic heterocycles. The van der Waals surface area contributed by atoms with Crippen LogP contribution in [0.5, 0.6) is 0 Å². The first-order chi connectivity index (χ1) is 7.95. The van der Waals surface area contributed by atoms with E-state index in [0.717, 1.165) is 6.42 Å². The Morgan fingerprint density at radius 2 is 2.06 bits per heavy atom. The van der Waals surface area contributed by atoms with Gasteiger partial charge in [0.05, 0.1) is 0 Å². The number of rotatable bonds is 5. The summed E-state index contributed by atoms with van der Waals surface area (Å²) in [5.74, 6) is 0.402. The van der Waals surface area contributed by atoms with Gasteiger partial charge in [0, 0.05) is 25.7 Å². The van der Waals surface area contributed by atoms with Gasteiger partial charge in [0.1, 0.15) is 5.69 Å². The maximum atomic E-state index is 11.8. The summed E-state index contributed by atoms with van der Waals surface area (Å²) in [6.45, 7) is 7.14. The summed E-state index contributed by atoms with van der Waals surface area (Å²) in [5.41, 5.74) is -0.0449. The highest BCUT2D eigenvalue weighted by atomic mass is 16.5. The molecular weight excluding hydrogens is 220 g/mol. The van der Waals surface area contributed by atoms with Crippen LogP contribution < -0.4 is 10.9 Å². The Bertz CT molecular complexity index is 409. The normalized spacial score (nSPS) is 11.5. The predicted octanol–water partition coefficient (Wildman–Crippen LogP) is 0.911. The second-order valence-electron chi connectivity index (χ2n) is 4.87. The first kappa shape index (κ1) is 13.6. The third-order valence-corrected chi connectivity index (χ3v) is 2.23. The molecule has 0 amide bonds. The number of nitrogens with one attached hydrogen (secondary N) is 2. The summed E-state index contributed by atoms with van der Waals surface area (Å²) in [6.07, 6.45) is 0.848. The smallest absolute Gasteiger partial charge is 0.274 e. The molecule has 0 unspecified atom stereocenters. The summed E-state index contributed by atoms with van der Waals surface area (Å²) in [5, 5.41) is 10.9. The second kappa shape index (κ2) is 5.77. The van der Waals surface area contributed by atoms with Crippen LogP contribution in [-0.2, 0) is 10.2 Å². The molecule has 96 valence electrons. The van der Waals surface area contributed by atoms with E-state index in [2.05, 4.69) is 20.5 Å². The van der Waals surface area contributed by atoms with Crippen LogP contribution in [0.4, 0.5) is 5.95 Å². The molecule has 0 saturated heterocycles. The Hall–Kier alpha value is -1.43. The van der Waals surface area contributed by atoms with Crippen LogP contribution in [0.3, 0.4) is 0 Å². The van der Waals surface area contributed by atoms with E-state index in [4.69, 9.17) is 4.74 Å². The zero-order valence-corrected chi connectivity index (χ0v) is 10.8. The van der Waals surface area contributed by atoms with Gasteiger partial charge in [-0.15, -0.1) is 10.2 Å². The molecule has 0 aromatic carbocycles. The van der Waals surface area contributed by atoms with E-state index in [1.54, 1.807) is 7.11 Å². The lowest BCUT2D eigenvalue weighted by Crippen LogP contribution is -2.28. The van der Waals surface area contributed by atoms with Crippen LogP contribution in [0.25, 0.3) is 0 Å². The van der Waals surface area contributed by atoms with Gasteiger partial charge in [-0.2, -0.15) is 0 Å². The van der Waals surface area contributed by atoms with Crippen molar-refractivity contribution < 1.29 is 4.74 Å². The third-order valence-electron chi connectivity index (χ3n) is 2.23. The highest BCUT2D eigenvalue weighted by molar-refractivity contribution is 5.22. The first-order valence-electron chi connectivity index (χ1n) is 5.65. The molecule has 0 saturated carbocycles. The molecule has 0 spiro atoms. The molecule has 0 aliphatic carbocycles. The van der Waals surface area contributed by atoms with Crippen LogP contribution in [0.1, 0.15) is 32.9 Å². The summed E-state index contributed by atoms with van der Waals surface area (Å²) in [4.78, 5) is 14.4. The molecule has 1 rings (SSSR count). The summed E-state index contributed by atoms with van der Waals surface area (Å²) >= 11 is 0. The van der Waals surface area contributed by atoms with E-state index >= 15 is 0 Å². The minimum absolute atomic E-state index is 0.193. The molecule has 6 nitrogen and oxygen atoms in total. The van der Waals surface area contributed by atoms with Crippen LogP contribution in [0, 0.1) is 0 Å². The second-order valence-corrected chi connectivity index (χ2v) is 4.87. The van der Waals surface area contributed by atoms with Crippen molar-refractivity contribution in [2.45, 2.75) is 32.6 Å². The number of H-pyrrole nitrogens is 1. The van der Waals surface area contributed by atoms with Gasteiger partial charge in [-0.05, 0) is 6.42 Å². The number of methoxy groups -OCH3 is 1. The van der Waals surface area contributed by atoms with Crippen LogP contribution in [-0.4, -0.2) is 35.4 Å². The lowest BCUT2D eigenvalue weighted by Gasteiger charge is -2.15. The molecule has 6 heteroatoms. The minimum atomic E-state index is -0.296. The van der Waals surface area contributed by atoms with Crippen molar-refractivity contribution in [1.29, 1.82) is 0 Å². The zero-order chi connectivity index (χ0) is 12.9. The Morgan fingerprint density at radius 1 is 1.35 bits per heavy atom. The molecule has 1 heterocycles. The molecule has 0 radical (unpaired) electrons. The molecule has 17 heavy (non-hydrogen) atoms. The highest BCUT2D eigenvalue weighted by Crippen LogP contribution is 2.15. The molecule has 0 atom stereocenters. The number of hydrogen-bond donors (Lipinski definition) is 2. The van der Waals surface area contributed by atoms with Gasteiger partial charge in [0.25, 0.3) is 5.56 Å².